The molecule has 13 nitrogen and oxygen atoms in total. The number of epoxide rings is 1. The Labute approximate surface area is 280 Å². The number of ether oxygens (including phenoxy) is 3. The monoisotopic (exact) mass is 660 g/mol. The van der Waals surface area contributed by atoms with Gasteiger partial charge in [-0.25, -0.2) is 9.59 Å². The van der Waals surface area contributed by atoms with Crippen LogP contribution in [0.3, 0.4) is 0 Å². The second-order valence-electron chi connectivity index (χ2n) is 12.3. The van der Waals surface area contributed by atoms with Gasteiger partial charge in [-0.2, -0.15) is 0 Å². The van der Waals surface area contributed by atoms with Crippen molar-refractivity contribution in [2.75, 3.05) is 6.54 Å². The van der Waals surface area contributed by atoms with Gasteiger partial charge in [-0.15, -0.1) is 0 Å². The second kappa shape index (κ2) is 17.8. The van der Waals surface area contributed by atoms with E-state index in [0.29, 0.717) is 6.42 Å². The van der Waals surface area contributed by atoms with Gasteiger partial charge < -0.3 is 35.5 Å². The zero-order valence-corrected chi connectivity index (χ0v) is 27.6. The Balaban J connectivity index is 1.32. The molecule has 1 saturated heterocycles. The summed E-state index contributed by atoms with van der Waals surface area (Å²) in [6, 6.07) is 14.5. The van der Waals surface area contributed by atoms with E-state index in [1.807, 2.05) is 58.0 Å². The van der Waals surface area contributed by atoms with E-state index >= 15 is 0 Å². The molecule has 0 bridgehead atoms. The van der Waals surface area contributed by atoms with Crippen molar-refractivity contribution in [2.24, 2.45) is 11.8 Å². The van der Waals surface area contributed by atoms with Gasteiger partial charge in [0.15, 0.2) is 0 Å². The lowest BCUT2D eigenvalue weighted by Gasteiger charge is -2.25. The SMILES string of the molecule is CC(C)[C@H](NC(=O)OCc1ccncc1)C(=O)NC[C@@H]1O[C@@H]1[C@H](Cc1ccccc1)NC(=O)[C@H](NC(=O)OCc1ccncc1)C(C)C. The van der Waals surface area contributed by atoms with Crippen LogP contribution >= 0.6 is 0 Å². The number of benzene rings is 1. The molecule has 0 saturated carbocycles. The average molecular weight is 661 g/mol. The highest BCUT2D eigenvalue weighted by atomic mass is 16.6. The van der Waals surface area contributed by atoms with Crippen LogP contribution in [0.4, 0.5) is 9.59 Å². The summed E-state index contributed by atoms with van der Waals surface area (Å²) in [5, 5.41) is 11.3. The zero-order valence-electron chi connectivity index (χ0n) is 27.6. The lowest BCUT2D eigenvalue weighted by atomic mass is 9.99. The average Bonchev–Trinajstić information content (AvgIpc) is 3.87. The molecule has 4 rings (SSSR count). The maximum absolute atomic E-state index is 13.5. The fourth-order valence-electron chi connectivity index (χ4n) is 5.04. The summed E-state index contributed by atoms with van der Waals surface area (Å²) in [6.45, 7) is 7.58. The Morgan fingerprint density at radius 1 is 0.688 bits per heavy atom. The number of nitrogens with zero attached hydrogens (tertiary/aromatic N) is 2. The predicted octanol–water partition coefficient (Wildman–Crippen LogP) is 3.29. The number of hydrogen-bond donors (Lipinski definition) is 4. The Bertz CT molecular complexity index is 1480. The van der Waals surface area contributed by atoms with Crippen LogP contribution < -0.4 is 21.3 Å². The number of aromatic nitrogens is 2. The van der Waals surface area contributed by atoms with Crippen molar-refractivity contribution < 1.29 is 33.4 Å². The topological polar surface area (TPSA) is 173 Å². The summed E-state index contributed by atoms with van der Waals surface area (Å²) in [5.41, 5.74) is 2.53. The summed E-state index contributed by atoms with van der Waals surface area (Å²) < 4.78 is 16.6. The van der Waals surface area contributed by atoms with Crippen molar-refractivity contribution in [3.63, 3.8) is 0 Å². The molecule has 1 fully saturated rings. The summed E-state index contributed by atoms with van der Waals surface area (Å²) in [5.74, 6) is -1.20. The molecule has 48 heavy (non-hydrogen) atoms. The number of hydrogen-bond acceptors (Lipinski definition) is 9. The molecule has 1 aliphatic rings. The van der Waals surface area contributed by atoms with Gasteiger partial charge >= 0.3 is 12.2 Å². The van der Waals surface area contributed by atoms with Crippen LogP contribution in [0.2, 0.25) is 0 Å². The summed E-state index contributed by atoms with van der Waals surface area (Å²) in [7, 11) is 0. The Morgan fingerprint density at radius 3 is 1.69 bits per heavy atom. The van der Waals surface area contributed by atoms with Gasteiger partial charge in [0.25, 0.3) is 0 Å². The first-order valence-electron chi connectivity index (χ1n) is 16.0. The van der Waals surface area contributed by atoms with Gasteiger partial charge in [-0.05, 0) is 59.2 Å². The van der Waals surface area contributed by atoms with Crippen molar-refractivity contribution >= 4 is 24.0 Å². The van der Waals surface area contributed by atoms with Gasteiger partial charge in [0.1, 0.15) is 37.5 Å². The van der Waals surface area contributed by atoms with Crippen molar-refractivity contribution in [1.82, 2.24) is 31.2 Å². The number of nitrogens with one attached hydrogen (secondary N) is 4. The van der Waals surface area contributed by atoms with Crippen LogP contribution in [0.25, 0.3) is 0 Å². The first-order valence-corrected chi connectivity index (χ1v) is 16.0. The summed E-state index contributed by atoms with van der Waals surface area (Å²) >= 11 is 0. The minimum atomic E-state index is -0.860. The molecule has 0 unspecified atom stereocenters. The minimum Gasteiger partial charge on any atom is -0.445 e. The fourth-order valence-corrected chi connectivity index (χ4v) is 5.04. The van der Waals surface area contributed by atoms with Crippen LogP contribution in [-0.4, -0.2) is 70.8 Å². The molecule has 0 radical (unpaired) electrons. The second-order valence-corrected chi connectivity index (χ2v) is 12.3. The number of carbonyl (C=O) groups is 4. The third kappa shape index (κ3) is 11.3. The van der Waals surface area contributed by atoms with E-state index < -0.39 is 36.4 Å². The molecule has 3 aromatic rings. The molecule has 3 heterocycles. The maximum Gasteiger partial charge on any atom is 0.408 e. The Morgan fingerprint density at radius 2 is 1.19 bits per heavy atom. The van der Waals surface area contributed by atoms with Crippen LogP contribution in [-0.2, 0) is 43.4 Å². The highest BCUT2D eigenvalue weighted by Gasteiger charge is 2.46. The number of carbonyl (C=O) groups excluding carboxylic acids is 4. The molecule has 5 atom stereocenters. The van der Waals surface area contributed by atoms with Gasteiger partial charge in [-0.1, -0.05) is 58.0 Å². The van der Waals surface area contributed by atoms with E-state index in [2.05, 4.69) is 31.2 Å². The highest BCUT2D eigenvalue weighted by molar-refractivity contribution is 5.86. The molecule has 1 aliphatic heterocycles. The molecular weight excluding hydrogens is 616 g/mol. The lowest BCUT2D eigenvalue weighted by Crippen LogP contribution is -2.54. The van der Waals surface area contributed by atoms with E-state index in [4.69, 9.17) is 14.2 Å². The Kier molecular flexibility index (Phi) is 13.2. The molecule has 256 valence electrons. The number of alkyl carbamates (subject to hydrolysis) is 2. The first-order chi connectivity index (χ1) is 23.1. The first kappa shape index (κ1) is 35.8. The standard InChI is InChI=1S/C35H44N6O7/c1-22(2)29(40-34(44)46-20-25-10-14-36-15-11-25)32(42)38-19-28-31(48-28)27(18-24-8-6-5-7-9-24)39-33(43)30(23(3)4)41-35(45)47-21-26-12-16-37-17-13-26/h5-17,22-23,27-31H,18-21H2,1-4H3,(H,38,42)(H,39,43)(H,40,44)(H,41,45)/t27-,28-,29-,30+,31+/m0/s1. The molecular formula is C35H44N6O7. The van der Waals surface area contributed by atoms with Gasteiger partial charge in [-0.3, -0.25) is 19.6 Å². The van der Waals surface area contributed by atoms with Crippen molar-refractivity contribution in [1.29, 1.82) is 0 Å². The van der Waals surface area contributed by atoms with Crippen LogP contribution in [0, 0.1) is 11.8 Å². The molecule has 0 spiro atoms. The predicted molar refractivity (Wildman–Crippen MR) is 176 cm³/mol. The van der Waals surface area contributed by atoms with E-state index in [9.17, 15) is 19.2 Å². The van der Waals surface area contributed by atoms with E-state index in [1.165, 1.54) is 0 Å². The van der Waals surface area contributed by atoms with Crippen LogP contribution in [0.5, 0.6) is 0 Å². The Hall–Kier alpha value is -5.04. The molecule has 0 aliphatic carbocycles. The van der Waals surface area contributed by atoms with Crippen molar-refractivity contribution in [2.45, 2.75) is 77.7 Å². The largest absolute Gasteiger partial charge is 0.445 e. The smallest absolute Gasteiger partial charge is 0.408 e. The maximum atomic E-state index is 13.5. The van der Waals surface area contributed by atoms with E-state index in [-0.39, 0.29) is 49.5 Å². The zero-order chi connectivity index (χ0) is 34.5. The molecule has 1 aromatic carbocycles. The van der Waals surface area contributed by atoms with Gasteiger partial charge in [0.05, 0.1) is 6.04 Å². The normalized spacial score (nSPS) is 17.0. The number of rotatable bonds is 16. The van der Waals surface area contributed by atoms with Crippen LogP contribution in [0.15, 0.2) is 79.4 Å². The fraction of sp³-hybridized carbons (Fsp3) is 0.429. The minimum absolute atomic E-state index is 0.0424. The van der Waals surface area contributed by atoms with Crippen molar-refractivity contribution in [3.05, 3.63) is 96.1 Å². The molecule has 4 amide bonds. The van der Waals surface area contributed by atoms with E-state index in [1.54, 1.807) is 49.1 Å². The van der Waals surface area contributed by atoms with Gasteiger partial charge in [0.2, 0.25) is 11.8 Å². The number of amides is 4. The van der Waals surface area contributed by atoms with E-state index in [0.717, 1.165) is 16.7 Å². The lowest BCUT2D eigenvalue weighted by molar-refractivity contribution is -0.125. The van der Waals surface area contributed by atoms with Crippen molar-refractivity contribution in [3.8, 4) is 0 Å². The number of pyridine rings is 2. The summed E-state index contributed by atoms with van der Waals surface area (Å²) in [4.78, 5) is 59.6. The third-order valence-corrected chi connectivity index (χ3v) is 7.81. The third-order valence-electron chi connectivity index (χ3n) is 7.81. The van der Waals surface area contributed by atoms with Crippen LogP contribution in [0.1, 0.15) is 44.4 Å². The molecule has 2 aromatic heterocycles. The highest BCUT2D eigenvalue weighted by Crippen LogP contribution is 2.27. The summed E-state index contributed by atoms with van der Waals surface area (Å²) in [6.07, 6.45) is 4.71. The van der Waals surface area contributed by atoms with Gasteiger partial charge in [0, 0.05) is 31.3 Å². The molecule has 13 heteroatoms. The quantitative estimate of drug-likeness (QED) is 0.168. The molecule has 4 N–H and O–H groups in total.